The normalized spacial score (nSPS) is 20.7. The highest BCUT2D eigenvalue weighted by Gasteiger charge is 2.41. The van der Waals surface area contributed by atoms with Crippen LogP contribution in [0.1, 0.15) is 36.2 Å². The van der Waals surface area contributed by atoms with E-state index in [-0.39, 0.29) is 17.2 Å². The zero-order chi connectivity index (χ0) is 17.2. The Bertz CT molecular complexity index is 605. The second-order valence-corrected chi connectivity index (χ2v) is 6.97. The van der Waals surface area contributed by atoms with Gasteiger partial charge in [-0.2, -0.15) is 5.10 Å². The predicted molar refractivity (Wildman–Crippen MR) is 88.5 cm³/mol. The first-order valence-electron chi connectivity index (χ1n) is 8.59. The Morgan fingerprint density at radius 1 is 1.33 bits per heavy atom. The molecule has 24 heavy (non-hydrogen) atoms. The molecule has 132 valence electrons. The number of piperidine rings is 2. The molecule has 0 saturated carbocycles. The van der Waals surface area contributed by atoms with Crippen LogP contribution in [0.15, 0.2) is 12.3 Å². The summed E-state index contributed by atoms with van der Waals surface area (Å²) in [6, 6.07) is 1.76. The maximum absolute atomic E-state index is 12.5. The molecular formula is C17H26N4O3. The van der Waals surface area contributed by atoms with Gasteiger partial charge in [-0.1, -0.05) is 0 Å². The number of amides is 2. The van der Waals surface area contributed by atoms with Crippen molar-refractivity contribution in [2.45, 2.75) is 25.7 Å². The van der Waals surface area contributed by atoms with Gasteiger partial charge < -0.3 is 14.5 Å². The van der Waals surface area contributed by atoms with Crippen LogP contribution in [0.2, 0.25) is 0 Å². The molecule has 7 heteroatoms. The van der Waals surface area contributed by atoms with Crippen LogP contribution >= 0.6 is 0 Å². The van der Waals surface area contributed by atoms with E-state index < -0.39 is 0 Å². The van der Waals surface area contributed by atoms with Crippen LogP contribution in [0.3, 0.4) is 0 Å². The van der Waals surface area contributed by atoms with Gasteiger partial charge in [0.05, 0.1) is 6.61 Å². The lowest BCUT2D eigenvalue weighted by Crippen LogP contribution is -2.53. The molecule has 3 rings (SSSR count). The highest BCUT2D eigenvalue weighted by atomic mass is 16.5. The minimum atomic E-state index is 0.00794. The average molecular weight is 334 g/mol. The van der Waals surface area contributed by atoms with Gasteiger partial charge in [-0.05, 0) is 30.7 Å². The van der Waals surface area contributed by atoms with Crippen molar-refractivity contribution in [3.05, 3.63) is 18.0 Å². The number of hydrogen-bond donors (Lipinski definition) is 0. The Hall–Kier alpha value is -1.89. The Morgan fingerprint density at radius 3 is 2.71 bits per heavy atom. The van der Waals surface area contributed by atoms with Crippen molar-refractivity contribution >= 4 is 11.8 Å². The zero-order valence-electron chi connectivity index (χ0n) is 14.5. The minimum absolute atomic E-state index is 0.00794. The fourth-order valence-electron chi connectivity index (χ4n) is 3.79. The quantitative estimate of drug-likeness (QED) is 0.821. The highest BCUT2D eigenvalue weighted by molar-refractivity contribution is 5.92. The van der Waals surface area contributed by atoms with Crippen molar-refractivity contribution in [3.8, 4) is 0 Å². The van der Waals surface area contributed by atoms with Crippen LogP contribution in [-0.4, -0.2) is 71.3 Å². The Kier molecular flexibility index (Phi) is 4.89. The van der Waals surface area contributed by atoms with E-state index in [4.69, 9.17) is 4.74 Å². The number of aryl methyl sites for hydroxylation is 1. The number of nitrogens with zero attached hydrogens (tertiary/aromatic N) is 4. The summed E-state index contributed by atoms with van der Waals surface area (Å²) in [5.41, 5.74) is 0.664. The molecule has 2 saturated heterocycles. The Morgan fingerprint density at radius 2 is 2.08 bits per heavy atom. The molecule has 1 aromatic heterocycles. The van der Waals surface area contributed by atoms with Crippen LogP contribution in [0, 0.1) is 5.41 Å². The molecule has 2 amide bonds. The van der Waals surface area contributed by atoms with E-state index >= 15 is 0 Å². The van der Waals surface area contributed by atoms with Gasteiger partial charge in [-0.15, -0.1) is 0 Å². The molecule has 0 N–H and O–H groups in total. The maximum atomic E-state index is 12.5. The van der Waals surface area contributed by atoms with Gasteiger partial charge in [-0.25, -0.2) is 0 Å². The summed E-state index contributed by atoms with van der Waals surface area (Å²) in [6.07, 6.45) is 5.22. The van der Waals surface area contributed by atoms with Gasteiger partial charge in [0.25, 0.3) is 5.91 Å². The number of carbonyl (C=O) groups is 2. The lowest BCUT2D eigenvalue weighted by atomic mass is 9.72. The largest absolute Gasteiger partial charge is 0.383 e. The number of likely N-dealkylation sites (tertiary alicyclic amines) is 2. The minimum Gasteiger partial charge on any atom is -0.383 e. The van der Waals surface area contributed by atoms with Crippen molar-refractivity contribution in [1.82, 2.24) is 19.6 Å². The molecule has 3 heterocycles. The number of ether oxygens (including phenoxy) is 1. The monoisotopic (exact) mass is 334 g/mol. The Balaban J connectivity index is 1.59. The standard InChI is InChI=1S/C17H26N4O3/c1-19-8-4-14(18-19)16(23)20-9-6-17(7-10-20)5-3-15(22)21(13-17)11-12-24-2/h4,8H,3,5-7,9-13H2,1-2H3. The van der Waals surface area contributed by atoms with Gasteiger partial charge in [0.2, 0.25) is 5.91 Å². The highest BCUT2D eigenvalue weighted by Crippen LogP contribution is 2.40. The summed E-state index contributed by atoms with van der Waals surface area (Å²) in [5.74, 6) is 0.234. The first-order chi connectivity index (χ1) is 11.5. The molecule has 2 aliphatic heterocycles. The number of hydrogen-bond acceptors (Lipinski definition) is 4. The zero-order valence-corrected chi connectivity index (χ0v) is 14.5. The van der Waals surface area contributed by atoms with Gasteiger partial charge in [0.1, 0.15) is 5.69 Å². The average Bonchev–Trinajstić information content (AvgIpc) is 3.02. The molecule has 2 fully saturated rings. The molecular weight excluding hydrogens is 308 g/mol. The van der Waals surface area contributed by atoms with E-state index in [1.165, 1.54) is 0 Å². The molecule has 7 nitrogen and oxygen atoms in total. The van der Waals surface area contributed by atoms with Gasteiger partial charge in [0.15, 0.2) is 0 Å². The smallest absolute Gasteiger partial charge is 0.274 e. The van der Waals surface area contributed by atoms with Crippen LogP contribution in [0.5, 0.6) is 0 Å². The third-order valence-electron chi connectivity index (χ3n) is 5.36. The van der Waals surface area contributed by atoms with Crippen molar-refractivity contribution in [1.29, 1.82) is 0 Å². The molecule has 0 unspecified atom stereocenters. The van der Waals surface area contributed by atoms with Crippen molar-refractivity contribution in [2.24, 2.45) is 12.5 Å². The summed E-state index contributed by atoms with van der Waals surface area (Å²) >= 11 is 0. The van der Waals surface area contributed by atoms with Gasteiger partial charge in [0, 0.05) is 53.0 Å². The van der Waals surface area contributed by atoms with Crippen LogP contribution < -0.4 is 0 Å². The summed E-state index contributed by atoms with van der Waals surface area (Å²) in [5, 5.41) is 4.20. The van der Waals surface area contributed by atoms with Gasteiger partial charge in [-0.3, -0.25) is 14.3 Å². The van der Waals surface area contributed by atoms with Crippen molar-refractivity contribution in [2.75, 3.05) is 39.9 Å². The Labute approximate surface area is 142 Å². The van der Waals surface area contributed by atoms with E-state index in [9.17, 15) is 9.59 Å². The number of methoxy groups -OCH3 is 1. The molecule has 1 aromatic rings. The molecule has 2 aliphatic rings. The van der Waals surface area contributed by atoms with Crippen LogP contribution in [-0.2, 0) is 16.6 Å². The fraction of sp³-hybridized carbons (Fsp3) is 0.706. The summed E-state index contributed by atoms with van der Waals surface area (Å²) in [7, 11) is 3.47. The number of rotatable bonds is 4. The van der Waals surface area contributed by atoms with E-state index in [2.05, 4.69) is 5.10 Å². The van der Waals surface area contributed by atoms with Crippen LogP contribution in [0.4, 0.5) is 0 Å². The predicted octanol–water partition coefficient (Wildman–Crippen LogP) is 0.911. The molecule has 0 atom stereocenters. The lowest BCUT2D eigenvalue weighted by molar-refractivity contribution is -0.139. The summed E-state index contributed by atoms with van der Waals surface area (Å²) in [4.78, 5) is 28.4. The first kappa shape index (κ1) is 17.0. The van der Waals surface area contributed by atoms with E-state index in [0.717, 1.165) is 38.9 Å². The number of aromatic nitrogens is 2. The SMILES string of the molecule is COCCN1CC2(CCC1=O)CCN(C(=O)c1ccn(C)n1)CC2. The molecule has 0 radical (unpaired) electrons. The third kappa shape index (κ3) is 3.45. The van der Waals surface area contributed by atoms with E-state index in [0.29, 0.717) is 25.3 Å². The first-order valence-corrected chi connectivity index (χ1v) is 8.59. The molecule has 0 aliphatic carbocycles. The molecule has 0 bridgehead atoms. The van der Waals surface area contributed by atoms with E-state index in [1.54, 1.807) is 24.1 Å². The number of carbonyl (C=O) groups excluding carboxylic acids is 2. The van der Waals surface area contributed by atoms with Gasteiger partial charge >= 0.3 is 0 Å². The lowest BCUT2D eigenvalue weighted by Gasteiger charge is -2.47. The van der Waals surface area contributed by atoms with E-state index in [1.807, 2.05) is 16.8 Å². The summed E-state index contributed by atoms with van der Waals surface area (Å²) < 4.78 is 6.76. The topological polar surface area (TPSA) is 67.7 Å². The maximum Gasteiger partial charge on any atom is 0.274 e. The van der Waals surface area contributed by atoms with Crippen molar-refractivity contribution in [3.63, 3.8) is 0 Å². The van der Waals surface area contributed by atoms with Crippen molar-refractivity contribution < 1.29 is 14.3 Å². The molecule has 1 spiro atoms. The molecule has 0 aromatic carbocycles. The second kappa shape index (κ2) is 6.93. The van der Waals surface area contributed by atoms with Crippen LogP contribution in [0.25, 0.3) is 0 Å². The second-order valence-electron chi connectivity index (χ2n) is 6.97. The third-order valence-corrected chi connectivity index (χ3v) is 5.36. The fourth-order valence-corrected chi connectivity index (χ4v) is 3.79. The summed E-state index contributed by atoms with van der Waals surface area (Å²) in [6.45, 7) is 3.50.